The van der Waals surface area contributed by atoms with Gasteiger partial charge in [0.1, 0.15) is 11.6 Å². The lowest BCUT2D eigenvalue weighted by atomic mass is 10.1. The Hall–Kier alpha value is -2.18. The fourth-order valence-corrected chi connectivity index (χ4v) is 3.55. The SMILES string of the molecule is CCSC1=C(c2ccc(F)cc2)C(=O)N(c2ccc(F)c(Cl)c2)C1=O. The third-order valence-corrected chi connectivity index (χ3v) is 4.87. The summed E-state index contributed by atoms with van der Waals surface area (Å²) < 4.78 is 26.6. The molecule has 7 heteroatoms. The van der Waals surface area contributed by atoms with Gasteiger partial charge in [0.15, 0.2) is 0 Å². The van der Waals surface area contributed by atoms with E-state index in [9.17, 15) is 18.4 Å². The Morgan fingerprint density at radius 1 is 1.04 bits per heavy atom. The molecule has 128 valence electrons. The van der Waals surface area contributed by atoms with Crippen LogP contribution in [0.1, 0.15) is 12.5 Å². The predicted octanol–water partition coefficient (Wildman–Crippen LogP) is 4.66. The molecule has 0 aliphatic carbocycles. The normalized spacial score (nSPS) is 14.6. The van der Waals surface area contributed by atoms with E-state index in [-0.39, 0.29) is 21.2 Å². The van der Waals surface area contributed by atoms with Gasteiger partial charge in [0, 0.05) is 0 Å². The van der Waals surface area contributed by atoms with Crippen LogP contribution in [-0.2, 0) is 9.59 Å². The van der Waals surface area contributed by atoms with Crippen LogP contribution in [0.2, 0.25) is 5.02 Å². The van der Waals surface area contributed by atoms with Crippen LogP contribution < -0.4 is 4.90 Å². The number of imide groups is 1. The van der Waals surface area contributed by atoms with E-state index in [1.807, 2.05) is 6.92 Å². The van der Waals surface area contributed by atoms with E-state index in [4.69, 9.17) is 11.6 Å². The van der Waals surface area contributed by atoms with Crippen molar-refractivity contribution in [2.24, 2.45) is 0 Å². The lowest BCUT2D eigenvalue weighted by Crippen LogP contribution is -2.31. The van der Waals surface area contributed by atoms with Gasteiger partial charge in [-0.2, -0.15) is 0 Å². The molecule has 3 nitrogen and oxygen atoms in total. The minimum Gasteiger partial charge on any atom is -0.268 e. The molecule has 2 amide bonds. The molecule has 25 heavy (non-hydrogen) atoms. The first-order chi connectivity index (χ1) is 11.9. The number of carbonyl (C=O) groups excluding carboxylic acids is 2. The van der Waals surface area contributed by atoms with Gasteiger partial charge in [-0.3, -0.25) is 9.59 Å². The first-order valence-electron chi connectivity index (χ1n) is 7.41. The van der Waals surface area contributed by atoms with E-state index in [1.165, 1.54) is 48.2 Å². The summed E-state index contributed by atoms with van der Waals surface area (Å²) in [5.41, 5.74) is 0.844. The molecule has 0 atom stereocenters. The van der Waals surface area contributed by atoms with Crippen LogP contribution in [0.3, 0.4) is 0 Å². The number of hydrogen-bond acceptors (Lipinski definition) is 3. The number of amides is 2. The van der Waals surface area contributed by atoms with Crippen LogP contribution >= 0.6 is 23.4 Å². The minimum absolute atomic E-state index is 0.182. The van der Waals surface area contributed by atoms with Crippen molar-refractivity contribution in [1.82, 2.24) is 0 Å². The highest BCUT2D eigenvalue weighted by molar-refractivity contribution is 8.04. The zero-order valence-electron chi connectivity index (χ0n) is 13.1. The monoisotopic (exact) mass is 379 g/mol. The molecule has 1 heterocycles. The molecular weight excluding hydrogens is 368 g/mol. The number of halogens is 3. The second kappa shape index (κ2) is 6.98. The average molecular weight is 380 g/mol. The molecule has 0 bridgehead atoms. The van der Waals surface area contributed by atoms with Gasteiger partial charge in [-0.15, -0.1) is 11.8 Å². The molecule has 0 radical (unpaired) electrons. The Bertz CT molecular complexity index is 896. The maximum atomic E-state index is 13.4. The first-order valence-corrected chi connectivity index (χ1v) is 8.77. The van der Waals surface area contributed by atoms with Crippen molar-refractivity contribution < 1.29 is 18.4 Å². The van der Waals surface area contributed by atoms with Crippen molar-refractivity contribution in [3.8, 4) is 0 Å². The average Bonchev–Trinajstić information content (AvgIpc) is 2.82. The van der Waals surface area contributed by atoms with Crippen molar-refractivity contribution in [2.45, 2.75) is 6.92 Å². The van der Waals surface area contributed by atoms with Gasteiger partial charge in [0.05, 0.1) is 21.2 Å². The molecule has 0 spiro atoms. The van der Waals surface area contributed by atoms with Gasteiger partial charge in [0.25, 0.3) is 11.8 Å². The fraction of sp³-hybridized carbons (Fsp3) is 0.111. The van der Waals surface area contributed by atoms with Crippen molar-refractivity contribution in [1.29, 1.82) is 0 Å². The maximum absolute atomic E-state index is 13.4. The number of hydrogen-bond donors (Lipinski definition) is 0. The quantitative estimate of drug-likeness (QED) is 0.725. The third kappa shape index (κ3) is 3.19. The molecule has 2 aromatic carbocycles. The summed E-state index contributed by atoms with van der Waals surface area (Å²) in [5, 5.41) is -0.182. The summed E-state index contributed by atoms with van der Waals surface area (Å²) in [7, 11) is 0. The molecule has 0 saturated carbocycles. The van der Waals surface area contributed by atoms with Crippen LogP contribution in [0, 0.1) is 11.6 Å². The third-order valence-electron chi connectivity index (χ3n) is 3.62. The van der Waals surface area contributed by atoms with Crippen molar-refractivity contribution >= 4 is 46.4 Å². The number of benzene rings is 2. The van der Waals surface area contributed by atoms with E-state index < -0.39 is 23.4 Å². The van der Waals surface area contributed by atoms with E-state index in [1.54, 1.807) is 0 Å². The Balaban J connectivity index is 2.09. The highest BCUT2D eigenvalue weighted by Crippen LogP contribution is 2.39. The van der Waals surface area contributed by atoms with Gasteiger partial charge in [-0.05, 0) is 41.6 Å². The summed E-state index contributed by atoms with van der Waals surface area (Å²) in [6.07, 6.45) is 0. The Morgan fingerprint density at radius 2 is 1.72 bits per heavy atom. The van der Waals surface area contributed by atoms with E-state index in [0.717, 1.165) is 11.0 Å². The molecule has 1 aliphatic rings. The number of nitrogens with zero attached hydrogens (tertiary/aromatic N) is 1. The van der Waals surface area contributed by atoms with Gasteiger partial charge in [0.2, 0.25) is 0 Å². The molecule has 0 N–H and O–H groups in total. The molecule has 0 saturated heterocycles. The molecule has 0 aromatic heterocycles. The number of thioether (sulfide) groups is 1. The second-order valence-corrected chi connectivity index (χ2v) is 6.87. The molecule has 2 aromatic rings. The van der Waals surface area contributed by atoms with E-state index in [2.05, 4.69) is 0 Å². The molecule has 0 fully saturated rings. The lowest BCUT2D eigenvalue weighted by molar-refractivity contribution is -0.119. The van der Waals surface area contributed by atoms with Crippen LogP contribution in [0.4, 0.5) is 14.5 Å². The van der Waals surface area contributed by atoms with E-state index >= 15 is 0 Å². The zero-order chi connectivity index (χ0) is 18.1. The summed E-state index contributed by atoms with van der Waals surface area (Å²) in [6, 6.07) is 9.01. The highest BCUT2D eigenvalue weighted by Gasteiger charge is 2.40. The smallest absolute Gasteiger partial charge is 0.268 e. The summed E-state index contributed by atoms with van der Waals surface area (Å²) >= 11 is 7.00. The minimum atomic E-state index is -0.639. The van der Waals surface area contributed by atoms with Crippen LogP contribution in [-0.4, -0.2) is 17.6 Å². The van der Waals surface area contributed by atoms with Crippen molar-refractivity contribution in [2.75, 3.05) is 10.7 Å². The molecule has 0 unspecified atom stereocenters. The summed E-state index contributed by atoms with van der Waals surface area (Å²) in [4.78, 5) is 26.9. The fourth-order valence-electron chi connectivity index (χ4n) is 2.52. The summed E-state index contributed by atoms with van der Waals surface area (Å²) in [5.74, 6) is -1.54. The Kier molecular flexibility index (Phi) is 4.92. The molecule has 1 aliphatic heterocycles. The summed E-state index contributed by atoms with van der Waals surface area (Å²) in [6.45, 7) is 1.86. The van der Waals surface area contributed by atoms with Gasteiger partial charge >= 0.3 is 0 Å². The second-order valence-electron chi connectivity index (χ2n) is 5.19. The van der Waals surface area contributed by atoms with Crippen molar-refractivity contribution in [3.05, 3.63) is 69.6 Å². The number of carbonyl (C=O) groups is 2. The number of rotatable bonds is 4. The predicted molar refractivity (Wildman–Crippen MR) is 95.4 cm³/mol. The van der Waals surface area contributed by atoms with Crippen LogP contribution in [0.15, 0.2) is 47.4 Å². The molecular formula is C18H12ClF2NO2S. The molecule has 3 rings (SSSR count). The Labute approximate surface area is 152 Å². The van der Waals surface area contributed by atoms with Gasteiger partial charge in [-0.25, -0.2) is 13.7 Å². The standard InChI is InChI=1S/C18H12ClF2NO2S/c1-2-25-16-15(10-3-5-11(20)6-4-10)17(23)22(18(16)24)12-7-8-14(21)13(19)9-12/h3-9H,2H2,1H3. The Morgan fingerprint density at radius 3 is 2.32 bits per heavy atom. The number of anilines is 1. The maximum Gasteiger partial charge on any atom is 0.272 e. The van der Waals surface area contributed by atoms with Crippen molar-refractivity contribution in [3.63, 3.8) is 0 Å². The first kappa shape index (κ1) is 17.6. The van der Waals surface area contributed by atoms with Gasteiger partial charge in [-0.1, -0.05) is 30.7 Å². The van der Waals surface area contributed by atoms with Crippen LogP contribution in [0.25, 0.3) is 5.57 Å². The highest BCUT2D eigenvalue weighted by atomic mass is 35.5. The zero-order valence-corrected chi connectivity index (χ0v) is 14.6. The van der Waals surface area contributed by atoms with E-state index in [0.29, 0.717) is 11.3 Å². The largest absolute Gasteiger partial charge is 0.272 e. The lowest BCUT2D eigenvalue weighted by Gasteiger charge is -2.15. The topological polar surface area (TPSA) is 37.4 Å². The van der Waals surface area contributed by atoms with Crippen LogP contribution in [0.5, 0.6) is 0 Å². The van der Waals surface area contributed by atoms with Gasteiger partial charge < -0.3 is 0 Å².